The van der Waals surface area contributed by atoms with Gasteiger partial charge < -0.3 is 10.5 Å². The average Bonchev–Trinajstić information content (AvgIpc) is 2.90. The summed E-state index contributed by atoms with van der Waals surface area (Å²) in [4.78, 5) is 15.2. The highest BCUT2D eigenvalue weighted by molar-refractivity contribution is 7.93. The van der Waals surface area contributed by atoms with Gasteiger partial charge >= 0.3 is 5.97 Å². The summed E-state index contributed by atoms with van der Waals surface area (Å²) in [5.74, 6) is -0.422. The number of esters is 1. The highest BCUT2D eigenvalue weighted by Crippen LogP contribution is 2.25. The van der Waals surface area contributed by atoms with Crippen LogP contribution in [0, 0.1) is 0 Å². The lowest BCUT2D eigenvalue weighted by molar-refractivity contribution is 0.0602. The first-order chi connectivity index (χ1) is 9.44. The Balaban J connectivity index is 2.34. The molecule has 2 heterocycles. The van der Waals surface area contributed by atoms with E-state index in [9.17, 15) is 13.2 Å². The number of carbonyl (C=O) groups excluding carboxylic acids is 1. The van der Waals surface area contributed by atoms with E-state index in [1.165, 1.54) is 36.9 Å². The fraction of sp³-hybridized carbons (Fsp3) is 0.0909. The molecule has 106 valence electrons. The second-order valence-corrected chi connectivity index (χ2v) is 6.25. The summed E-state index contributed by atoms with van der Waals surface area (Å²) in [6.45, 7) is 0. The van der Waals surface area contributed by atoms with Gasteiger partial charge in [-0.2, -0.15) is 0 Å². The first-order valence-electron chi connectivity index (χ1n) is 5.34. The van der Waals surface area contributed by atoms with Crippen LogP contribution in [0.1, 0.15) is 9.67 Å². The molecule has 2 rings (SSSR count). The van der Waals surface area contributed by atoms with Crippen LogP contribution in [0.25, 0.3) is 0 Å². The second kappa shape index (κ2) is 5.47. The predicted octanol–water partition coefficient (Wildman–Crippen LogP) is 1.31. The zero-order valence-corrected chi connectivity index (χ0v) is 12.0. The average molecular weight is 313 g/mol. The SMILES string of the molecule is COC(=O)c1sccc1S(=O)(=O)Nc1ccc(N)nc1. The molecule has 0 bridgehead atoms. The monoisotopic (exact) mass is 313 g/mol. The number of rotatable bonds is 4. The topological polar surface area (TPSA) is 111 Å². The predicted molar refractivity (Wildman–Crippen MR) is 75.1 cm³/mol. The molecule has 0 radical (unpaired) electrons. The van der Waals surface area contributed by atoms with Crippen molar-refractivity contribution in [1.82, 2.24) is 4.98 Å². The number of nitrogens with one attached hydrogen (secondary N) is 1. The Labute approximate surface area is 119 Å². The Hall–Kier alpha value is -2.13. The van der Waals surface area contributed by atoms with Gasteiger partial charge in [0.05, 0.1) is 19.0 Å². The summed E-state index contributed by atoms with van der Waals surface area (Å²) in [5, 5.41) is 1.50. The van der Waals surface area contributed by atoms with E-state index in [-0.39, 0.29) is 21.3 Å². The van der Waals surface area contributed by atoms with E-state index in [2.05, 4.69) is 14.4 Å². The number of anilines is 2. The van der Waals surface area contributed by atoms with E-state index in [1.807, 2.05) is 0 Å². The number of nitrogen functional groups attached to an aromatic ring is 1. The van der Waals surface area contributed by atoms with E-state index in [4.69, 9.17) is 5.73 Å². The molecule has 0 aromatic carbocycles. The van der Waals surface area contributed by atoms with Crippen LogP contribution in [0.4, 0.5) is 11.5 Å². The van der Waals surface area contributed by atoms with Crippen LogP contribution in [0.3, 0.4) is 0 Å². The molecule has 7 nitrogen and oxygen atoms in total. The molecule has 0 spiro atoms. The van der Waals surface area contributed by atoms with Crippen LogP contribution in [-0.2, 0) is 14.8 Å². The number of pyridine rings is 1. The van der Waals surface area contributed by atoms with Crippen molar-refractivity contribution in [3.63, 3.8) is 0 Å². The molecule has 0 atom stereocenters. The van der Waals surface area contributed by atoms with Crippen LogP contribution >= 0.6 is 11.3 Å². The van der Waals surface area contributed by atoms with E-state index in [0.29, 0.717) is 0 Å². The van der Waals surface area contributed by atoms with Crippen molar-refractivity contribution in [2.45, 2.75) is 4.90 Å². The van der Waals surface area contributed by atoms with Gasteiger partial charge in [0.15, 0.2) is 0 Å². The molecule has 0 saturated carbocycles. The maximum atomic E-state index is 12.2. The van der Waals surface area contributed by atoms with Gasteiger partial charge in [0, 0.05) is 0 Å². The molecular weight excluding hydrogens is 302 g/mol. The molecule has 0 amide bonds. The van der Waals surface area contributed by atoms with Crippen molar-refractivity contribution in [2.24, 2.45) is 0 Å². The Morgan fingerprint density at radius 3 is 2.75 bits per heavy atom. The Bertz CT molecular complexity index is 722. The highest BCUT2D eigenvalue weighted by atomic mass is 32.2. The number of hydrogen-bond donors (Lipinski definition) is 2. The van der Waals surface area contributed by atoms with Crippen LogP contribution < -0.4 is 10.5 Å². The number of ether oxygens (including phenoxy) is 1. The van der Waals surface area contributed by atoms with Crippen LogP contribution in [-0.4, -0.2) is 26.5 Å². The van der Waals surface area contributed by atoms with Gasteiger partial charge in [0.2, 0.25) is 0 Å². The van der Waals surface area contributed by atoms with Crippen molar-refractivity contribution < 1.29 is 17.9 Å². The number of nitrogens with zero attached hydrogens (tertiary/aromatic N) is 1. The van der Waals surface area contributed by atoms with Gasteiger partial charge in [-0.05, 0) is 23.6 Å². The normalized spacial score (nSPS) is 11.1. The molecule has 3 N–H and O–H groups in total. The summed E-state index contributed by atoms with van der Waals surface area (Å²) in [5.41, 5.74) is 5.67. The number of carbonyl (C=O) groups is 1. The molecule has 0 fully saturated rings. The molecule has 0 unspecified atom stereocenters. The van der Waals surface area contributed by atoms with Crippen LogP contribution in [0.2, 0.25) is 0 Å². The zero-order valence-electron chi connectivity index (χ0n) is 10.4. The van der Waals surface area contributed by atoms with Crippen molar-refractivity contribution in [3.8, 4) is 0 Å². The van der Waals surface area contributed by atoms with Crippen LogP contribution in [0.15, 0.2) is 34.7 Å². The van der Waals surface area contributed by atoms with E-state index in [0.717, 1.165) is 11.3 Å². The molecule has 2 aromatic rings. The highest BCUT2D eigenvalue weighted by Gasteiger charge is 2.24. The summed E-state index contributed by atoms with van der Waals surface area (Å²) in [6.07, 6.45) is 1.29. The summed E-state index contributed by atoms with van der Waals surface area (Å²) >= 11 is 0.993. The Morgan fingerprint density at radius 1 is 1.40 bits per heavy atom. The molecule has 20 heavy (non-hydrogen) atoms. The molecule has 0 aliphatic rings. The lowest BCUT2D eigenvalue weighted by Crippen LogP contribution is -2.15. The fourth-order valence-electron chi connectivity index (χ4n) is 1.43. The smallest absolute Gasteiger partial charge is 0.349 e. The lowest BCUT2D eigenvalue weighted by atomic mass is 10.4. The number of methoxy groups -OCH3 is 1. The zero-order chi connectivity index (χ0) is 14.8. The second-order valence-electron chi connectivity index (χ2n) is 3.68. The molecule has 9 heteroatoms. The summed E-state index contributed by atoms with van der Waals surface area (Å²) < 4.78 is 31.3. The van der Waals surface area contributed by atoms with Crippen LogP contribution in [0.5, 0.6) is 0 Å². The van der Waals surface area contributed by atoms with Crippen molar-refractivity contribution >= 4 is 38.8 Å². The quantitative estimate of drug-likeness (QED) is 0.823. The minimum Gasteiger partial charge on any atom is -0.465 e. The first kappa shape index (κ1) is 14.3. The number of sulfonamides is 1. The van der Waals surface area contributed by atoms with Crippen molar-refractivity contribution in [3.05, 3.63) is 34.7 Å². The Kier molecular flexibility index (Phi) is 3.91. The minimum atomic E-state index is -3.89. The largest absolute Gasteiger partial charge is 0.465 e. The van der Waals surface area contributed by atoms with Gasteiger partial charge in [-0.25, -0.2) is 18.2 Å². The van der Waals surface area contributed by atoms with Gasteiger partial charge in [0.1, 0.15) is 15.6 Å². The standard InChI is InChI=1S/C11H11N3O4S2/c1-18-11(15)10-8(4-5-19-10)20(16,17)14-7-2-3-9(12)13-6-7/h2-6,14H,1H3,(H2,12,13). The fourth-order valence-corrected chi connectivity index (χ4v) is 3.81. The van der Waals surface area contributed by atoms with Gasteiger partial charge in [-0.1, -0.05) is 0 Å². The van der Waals surface area contributed by atoms with E-state index in [1.54, 1.807) is 0 Å². The molecule has 0 saturated heterocycles. The molecular formula is C11H11N3O4S2. The molecule has 0 aliphatic heterocycles. The van der Waals surface area contributed by atoms with E-state index < -0.39 is 16.0 Å². The third-order valence-corrected chi connectivity index (χ3v) is 4.78. The number of nitrogens with two attached hydrogens (primary N) is 1. The third-order valence-electron chi connectivity index (χ3n) is 2.33. The summed E-state index contributed by atoms with van der Waals surface area (Å²) in [6, 6.07) is 4.28. The first-order valence-corrected chi connectivity index (χ1v) is 7.70. The number of hydrogen-bond acceptors (Lipinski definition) is 7. The lowest BCUT2D eigenvalue weighted by Gasteiger charge is -2.07. The number of thiophene rings is 1. The Morgan fingerprint density at radius 2 is 2.15 bits per heavy atom. The van der Waals surface area contributed by atoms with Crippen molar-refractivity contribution in [2.75, 3.05) is 17.6 Å². The van der Waals surface area contributed by atoms with Gasteiger partial charge in [-0.15, -0.1) is 11.3 Å². The molecule has 2 aromatic heterocycles. The number of aromatic nitrogens is 1. The third kappa shape index (κ3) is 2.89. The molecule has 0 aliphatic carbocycles. The summed E-state index contributed by atoms with van der Waals surface area (Å²) in [7, 11) is -2.70. The van der Waals surface area contributed by atoms with Gasteiger partial charge in [-0.3, -0.25) is 4.72 Å². The maximum absolute atomic E-state index is 12.2. The van der Waals surface area contributed by atoms with Crippen molar-refractivity contribution in [1.29, 1.82) is 0 Å². The van der Waals surface area contributed by atoms with Gasteiger partial charge in [0.25, 0.3) is 10.0 Å². The maximum Gasteiger partial charge on any atom is 0.349 e. The minimum absolute atomic E-state index is 0.0170. The van der Waals surface area contributed by atoms with E-state index >= 15 is 0 Å².